The molecule has 1 N–H and O–H groups in total. The van der Waals surface area contributed by atoms with Crippen LogP contribution in [0.15, 0.2) is 194 Å². The Morgan fingerprint density at radius 2 is 0.485 bits per heavy atom. The topological polar surface area (TPSA) is 108 Å². The Labute approximate surface area is 384 Å². The van der Waals surface area contributed by atoms with Crippen LogP contribution in [0.25, 0.3) is 55.7 Å². The number of rotatable bonds is 13. The molecule has 8 nitrogen and oxygen atoms in total. The highest BCUT2D eigenvalue weighted by Crippen LogP contribution is 2.40. The summed E-state index contributed by atoms with van der Waals surface area (Å²) in [5, 5.41) is 10.2. The smallest absolute Gasteiger partial charge is 0.337 e. The van der Waals surface area contributed by atoms with Crippen molar-refractivity contribution in [2.24, 2.45) is 0 Å². The van der Waals surface area contributed by atoms with Crippen LogP contribution in [0.1, 0.15) is 65.2 Å². The highest BCUT2D eigenvalue weighted by Gasteiger charge is 2.19. The Kier molecular flexibility index (Phi) is 13.5. The van der Waals surface area contributed by atoms with Gasteiger partial charge in [-0.05, 0) is 114 Å². The average Bonchev–Trinajstić information content (AvgIpc) is 3.39. The Morgan fingerprint density at radius 3 is 0.667 bits per heavy atom. The lowest BCUT2D eigenvalue weighted by Crippen LogP contribution is -2.00. The van der Waals surface area contributed by atoms with Gasteiger partial charge in [-0.2, -0.15) is 0 Å². The molecule has 0 saturated heterocycles. The Hall–Kier alpha value is -8.17. The Balaban J connectivity index is 1.28. The molecule has 0 fully saturated rings. The minimum absolute atomic E-state index is 0.388. The van der Waals surface area contributed by atoms with Crippen LogP contribution in [0.3, 0.4) is 0 Å². The predicted octanol–water partition coefficient (Wildman–Crippen LogP) is 12.4. The lowest BCUT2D eigenvalue weighted by Gasteiger charge is -2.20. The number of hydrogen-bond donors (Lipinski definition) is 1. The van der Waals surface area contributed by atoms with E-state index < -0.39 is 6.29 Å². The molecule has 0 aromatic heterocycles. The molecule has 0 aliphatic carbocycles. The molecule has 8 aromatic carbocycles. The van der Waals surface area contributed by atoms with Crippen molar-refractivity contribution in [2.45, 2.75) is 6.29 Å². The van der Waals surface area contributed by atoms with Crippen molar-refractivity contribution >= 4 is 29.1 Å². The third-order valence-electron chi connectivity index (χ3n) is 11.6. The molecule has 0 aliphatic heterocycles. The van der Waals surface area contributed by atoms with Crippen LogP contribution in [-0.2, 0) is 18.9 Å². The van der Waals surface area contributed by atoms with Gasteiger partial charge in [0.1, 0.15) is 0 Å². The zero-order valence-electron chi connectivity index (χ0n) is 36.9. The first-order chi connectivity index (χ1) is 32.2. The summed E-state index contributed by atoms with van der Waals surface area (Å²) in [6, 6.07) is 63.5. The summed E-state index contributed by atoms with van der Waals surface area (Å²) < 4.78 is 19.8. The predicted molar refractivity (Wildman–Crippen MR) is 259 cm³/mol. The van der Waals surface area contributed by atoms with Crippen LogP contribution in [-0.4, -0.2) is 51.5 Å². The normalized spacial score (nSPS) is 11.3. The summed E-state index contributed by atoms with van der Waals surface area (Å²) in [5.41, 5.74) is 15.9. The first kappa shape index (κ1) is 44.4. The highest BCUT2D eigenvalue weighted by molar-refractivity contribution is 6.05. The quantitative estimate of drug-likeness (QED) is 0.0528. The third kappa shape index (κ3) is 9.66. The molecule has 0 amide bonds. The van der Waals surface area contributed by atoms with Crippen molar-refractivity contribution in [3.8, 4) is 44.5 Å². The number of methoxy groups -OCH3 is 4. The summed E-state index contributed by atoms with van der Waals surface area (Å²) in [6.07, 6.45) is -1.000. The molecular formula is C58H46O8. The first-order valence-corrected chi connectivity index (χ1v) is 21.2. The second kappa shape index (κ2) is 20.1. The number of esters is 3. The zero-order chi connectivity index (χ0) is 46.2. The van der Waals surface area contributed by atoms with Gasteiger partial charge < -0.3 is 24.1 Å². The molecule has 0 aliphatic rings. The fourth-order valence-corrected chi connectivity index (χ4v) is 7.95. The highest BCUT2D eigenvalue weighted by atomic mass is 16.6. The number of hydrogen-bond acceptors (Lipinski definition) is 8. The van der Waals surface area contributed by atoms with E-state index in [9.17, 15) is 19.5 Å². The van der Waals surface area contributed by atoms with Gasteiger partial charge in [0.2, 0.25) is 0 Å². The summed E-state index contributed by atoms with van der Waals surface area (Å²) in [4.78, 5) is 36.5. The monoisotopic (exact) mass is 870 g/mol. The maximum absolute atomic E-state index is 12.2. The van der Waals surface area contributed by atoms with Crippen molar-refractivity contribution < 1.29 is 38.4 Å². The second-order valence-electron chi connectivity index (χ2n) is 15.5. The first-order valence-electron chi connectivity index (χ1n) is 21.2. The summed E-state index contributed by atoms with van der Waals surface area (Å²) in [7, 11) is 5.58. The van der Waals surface area contributed by atoms with Gasteiger partial charge in [-0.15, -0.1) is 0 Å². The minimum Gasteiger partial charge on any atom is -0.465 e. The van der Waals surface area contributed by atoms with Gasteiger partial charge in [0, 0.05) is 12.7 Å². The summed E-state index contributed by atoms with van der Waals surface area (Å²) >= 11 is 0. The summed E-state index contributed by atoms with van der Waals surface area (Å²) in [6.45, 7) is 0. The van der Waals surface area contributed by atoms with E-state index >= 15 is 0 Å². The van der Waals surface area contributed by atoms with E-state index in [1.807, 2.05) is 60.7 Å². The standard InChI is InChI=1S/C58H46O8/c1-63-55(59)49-29-13-41(14-30-49)37-5-21-45(22-6-37)53(46-23-7-38(8-24-46)42-15-31-50(32-16-42)56(60)64-2)54(47-25-9-39(10-26-47)43-17-33-51(34-18-43)57(61)65-3)48-27-11-40(12-28-48)44-19-35-52(36-20-44)58(62)66-4/h5-36,55,59H,1-4H3. The van der Waals surface area contributed by atoms with E-state index in [1.165, 1.54) is 28.4 Å². The van der Waals surface area contributed by atoms with Gasteiger partial charge in [0.05, 0.1) is 38.0 Å². The molecule has 326 valence electrons. The van der Waals surface area contributed by atoms with Crippen LogP contribution >= 0.6 is 0 Å². The van der Waals surface area contributed by atoms with Gasteiger partial charge in [-0.25, -0.2) is 14.4 Å². The molecule has 0 saturated carbocycles. The molecule has 0 bridgehead atoms. The fraction of sp³-hybridized carbons (Fsp3) is 0.0862. The van der Waals surface area contributed by atoms with E-state index in [0.717, 1.165) is 77.9 Å². The zero-order valence-corrected chi connectivity index (χ0v) is 36.9. The fourth-order valence-electron chi connectivity index (χ4n) is 7.95. The largest absolute Gasteiger partial charge is 0.465 e. The second-order valence-corrected chi connectivity index (χ2v) is 15.5. The van der Waals surface area contributed by atoms with Crippen LogP contribution in [0, 0.1) is 0 Å². The number of aliphatic hydroxyl groups is 1. The Morgan fingerprint density at radius 1 is 0.303 bits per heavy atom. The molecule has 8 aromatic rings. The molecule has 0 spiro atoms. The van der Waals surface area contributed by atoms with Crippen molar-refractivity contribution in [3.05, 3.63) is 239 Å². The molecule has 1 atom stereocenters. The lowest BCUT2D eigenvalue weighted by atomic mass is 9.84. The van der Waals surface area contributed by atoms with E-state index in [1.54, 1.807) is 36.4 Å². The maximum Gasteiger partial charge on any atom is 0.337 e. The molecule has 66 heavy (non-hydrogen) atoms. The van der Waals surface area contributed by atoms with Crippen molar-refractivity contribution in [3.63, 3.8) is 0 Å². The number of carbonyl (C=O) groups excluding carboxylic acids is 3. The third-order valence-corrected chi connectivity index (χ3v) is 11.6. The van der Waals surface area contributed by atoms with E-state index in [2.05, 4.69) is 97.1 Å². The molecule has 8 heteroatoms. The SMILES string of the molecule is COC(=O)c1ccc(-c2ccc(C(=C(c3ccc(-c4ccc(C(=O)OC)cc4)cc3)c3ccc(-c4ccc(C(O)OC)cc4)cc3)c3ccc(-c4ccc(C(=O)OC)cc4)cc3)cc2)cc1. The van der Waals surface area contributed by atoms with Crippen LogP contribution in [0.4, 0.5) is 0 Å². The number of aliphatic hydroxyl groups excluding tert-OH is 1. The molecule has 1 unspecified atom stereocenters. The van der Waals surface area contributed by atoms with Gasteiger partial charge >= 0.3 is 17.9 Å². The van der Waals surface area contributed by atoms with Crippen LogP contribution < -0.4 is 0 Å². The molecule has 0 heterocycles. The number of benzene rings is 8. The van der Waals surface area contributed by atoms with Crippen molar-refractivity contribution in [1.82, 2.24) is 0 Å². The summed E-state index contributed by atoms with van der Waals surface area (Å²) in [5.74, 6) is -1.16. The average molecular weight is 871 g/mol. The van der Waals surface area contributed by atoms with E-state index in [0.29, 0.717) is 22.3 Å². The lowest BCUT2D eigenvalue weighted by molar-refractivity contribution is -0.0769. The van der Waals surface area contributed by atoms with Crippen molar-refractivity contribution in [2.75, 3.05) is 28.4 Å². The maximum atomic E-state index is 12.2. The van der Waals surface area contributed by atoms with Gasteiger partial charge in [-0.3, -0.25) is 0 Å². The minimum atomic E-state index is -1.000. The molecular weight excluding hydrogens is 825 g/mol. The number of ether oxygens (including phenoxy) is 4. The van der Waals surface area contributed by atoms with Crippen molar-refractivity contribution in [1.29, 1.82) is 0 Å². The molecule has 0 radical (unpaired) electrons. The number of carbonyl (C=O) groups is 3. The molecule has 8 rings (SSSR count). The van der Waals surface area contributed by atoms with Crippen LogP contribution in [0.5, 0.6) is 0 Å². The van der Waals surface area contributed by atoms with Gasteiger partial charge in [0.15, 0.2) is 6.29 Å². The van der Waals surface area contributed by atoms with Crippen LogP contribution in [0.2, 0.25) is 0 Å². The van der Waals surface area contributed by atoms with Gasteiger partial charge in [0.25, 0.3) is 0 Å². The van der Waals surface area contributed by atoms with E-state index in [4.69, 9.17) is 18.9 Å². The van der Waals surface area contributed by atoms with Gasteiger partial charge in [-0.1, -0.05) is 158 Å². The Bertz CT molecular complexity index is 2880. The van der Waals surface area contributed by atoms with E-state index in [-0.39, 0.29) is 17.9 Å².